The first-order chi connectivity index (χ1) is 18.5. The summed E-state index contributed by atoms with van der Waals surface area (Å²) in [6.07, 6.45) is 4.39. The van der Waals surface area contributed by atoms with Gasteiger partial charge >= 0.3 is 5.97 Å². The van der Waals surface area contributed by atoms with Crippen molar-refractivity contribution in [2.45, 2.75) is 78.2 Å². The van der Waals surface area contributed by atoms with Crippen LogP contribution >= 0.6 is 0 Å². The standard InChI is InChI=1S/C34H37NO4/c1-21-17-26(38-16-14-33(4,5)37)18-22(2)31(21)27-7-6-8-28(23(27)3)32(36)39-25-9-10-29-24(19-25)20-34(12-13-34)30(29)11-15-35/h6-10,17-19,30,37H,11-14,16,20H2,1-5H3. The van der Waals surface area contributed by atoms with E-state index in [9.17, 15) is 15.2 Å². The van der Waals surface area contributed by atoms with Crippen LogP contribution in [0.15, 0.2) is 48.5 Å². The summed E-state index contributed by atoms with van der Waals surface area (Å²) in [7, 11) is 0. The number of rotatable bonds is 8. The molecule has 1 atom stereocenters. The van der Waals surface area contributed by atoms with Crippen LogP contribution in [0.5, 0.6) is 11.5 Å². The molecule has 1 fully saturated rings. The van der Waals surface area contributed by atoms with Crippen LogP contribution in [0.25, 0.3) is 11.1 Å². The Hall–Kier alpha value is -3.62. The van der Waals surface area contributed by atoms with Crippen molar-refractivity contribution in [1.29, 1.82) is 5.26 Å². The van der Waals surface area contributed by atoms with E-state index in [1.165, 1.54) is 24.0 Å². The van der Waals surface area contributed by atoms with Crippen molar-refractivity contribution in [3.8, 4) is 28.7 Å². The number of hydrogen-bond acceptors (Lipinski definition) is 5. The van der Waals surface area contributed by atoms with Gasteiger partial charge in [0, 0.05) is 18.8 Å². The lowest BCUT2D eigenvalue weighted by molar-refractivity contribution is 0.0553. The van der Waals surface area contributed by atoms with Gasteiger partial charge in [0.25, 0.3) is 0 Å². The molecule has 3 aromatic rings. The van der Waals surface area contributed by atoms with Gasteiger partial charge in [0.15, 0.2) is 0 Å². The first-order valence-corrected chi connectivity index (χ1v) is 13.8. The van der Waals surface area contributed by atoms with E-state index in [1.54, 1.807) is 13.8 Å². The zero-order valence-corrected chi connectivity index (χ0v) is 23.6. The van der Waals surface area contributed by atoms with Crippen LogP contribution in [-0.2, 0) is 6.42 Å². The van der Waals surface area contributed by atoms with E-state index >= 15 is 0 Å². The molecule has 5 nitrogen and oxygen atoms in total. The van der Waals surface area contributed by atoms with Gasteiger partial charge in [0.05, 0.1) is 23.8 Å². The number of aliphatic hydroxyl groups is 1. The molecule has 39 heavy (non-hydrogen) atoms. The molecule has 2 aliphatic rings. The predicted octanol–water partition coefficient (Wildman–Crippen LogP) is 7.37. The van der Waals surface area contributed by atoms with Gasteiger partial charge < -0.3 is 14.6 Å². The molecule has 0 bridgehead atoms. The van der Waals surface area contributed by atoms with E-state index in [0.717, 1.165) is 40.0 Å². The monoisotopic (exact) mass is 523 g/mol. The zero-order chi connectivity index (χ0) is 27.9. The highest BCUT2D eigenvalue weighted by atomic mass is 16.5. The molecule has 1 N–H and O–H groups in total. The van der Waals surface area contributed by atoms with Gasteiger partial charge in [-0.05, 0) is 129 Å². The second-order valence-corrected chi connectivity index (χ2v) is 12.0. The van der Waals surface area contributed by atoms with Gasteiger partial charge in [0.2, 0.25) is 0 Å². The minimum Gasteiger partial charge on any atom is -0.493 e. The molecule has 202 valence electrons. The molecular formula is C34H37NO4. The summed E-state index contributed by atoms with van der Waals surface area (Å²) in [5.74, 6) is 1.25. The fourth-order valence-electron chi connectivity index (χ4n) is 6.21. The van der Waals surface area contributed by atoms with Crippen LogP contribution in [0.4, 0.5) is 0 Å². The third kappa shape index (κ3) is 5.44. The summed E-state index contributed by atoms with van der Waals surface area (Å²) >= 11 is 0. The van der Waals surface area contributed by atoms with Gasteiger partial charge in [-0.25, -0.2) is 4.79 Å². The molecule has 5 heteroatoms. The molecule has 1 unspecified atom stereocenters. The molecule has 0 aliphatic heterocycles. The van der Waals surface area contributed by atoms with E-state index in [-0.39, 0.29) is 11.4 Å². The number of ether oxygens (including phenoxy) is 2. The molecule has 0 amide bonds. The maximum atomic E-state index is 13.3. The summed E-state index contributed by atoms with van der Waals surface area (Å²) < 4.78 is 11.8. The Morgan fingerprint density at radius 2 is 1.79 bits per heavy atom. The van der Waals surface area contributed by atoms with Crippen molar-refractivity contribution in [1.82, 2.24) is 0 Å². The first-order valence-electron chi connectivity index (χ1n) is 13.8. The minimum atomic E-state index is -0.769. The van der Waals surface area contributed by atoms with Crippen molar-refractivity contribution in [3.63, 3.8) is 0 Å². The van der Waals surface area contributed by atoms with Crippen LogP contribution < -0.4 is 9.47 Å². The molecule has 1 saturated carbocycles. The summed E-state index contributed by atoms with van der Waals surface area (Å²) in [5.41, 5.74) is 7.52. The molecule has 3 aromatic carbocycles. The van der Waals surface area contributed by atoms with E-state index in [0.29, 0.717) is 36.7 Å². The van der Waals surface area contributed by atoms with Crippen molar-refractivity contribution >= 4 is 5.97 Å². The van der Waals surface area contributed by atoms with Crippen LogP contribution in [0.3, 0.4) is 0 Å². The predicted molar refractivity (Wildman–Crippen MR) is 152 cm³/mol. The Labute approximate surface area is 231 Å². The number of aryl methyl sites for hydroxylation is 2. The molecule has 0 heterocycles. The maximum Gasteiger partial charge on any atom is 0.343 e. The highest BCUT2D eigenvalue weighted by Gasteiger charge is 2.54. The quantitative estimate of drug-likeness (QED) is 0.246. The summed E-state index contributed by atoms with van der Waals surface area (Å²) in [5, 5.41) is 19.3. The van der Waals surface area contributed by atoms with Crippen molar-refractivity contribution in [2.75, 3.05) is 6.61 Å². The van der Waals surface area contributed by atoms with Crippen molar-refractivity contribution in [2.24, 2.45) is 5.41 Å². The average Bonchev–Trinajstić information content (AvgIpc) is 3.56. The molecule has 1 spiro atoms. The van der Waals surface area contributed by atoms with Crippen LogP contribution in [0, 0.1) is 37.5 Å². The number of nitrogens with zero attached hydrogens (tertiary/aromatic N) is 1. The Morgan fingerprint density at radius 3 is 2.44 bits per heavy atom. The lowest BCUT2D eigenvalue weighted by atomic mass is 9.87. The van der Waals surface area contributed by atoms with Crippen molar-refractivity contribution < 1.29 is 19.4 Å². The SMILES string of the molecule is Cc1cc(OCCC(C)(C)O)cc(C)c1-c1cccc(C(=O)Oc2ccc3c(c2)CC2(CC2)C3CC#N)c1C. The van der Waals surface area contributed by atoms with Gasteiger partial charge in [-0.1, -0.05) is 18.2 Å². The number of benzene rings is 3. The summed E-state index contributed by atoms with van der Waals surface area (Å²) in [6.45, 7) is 10.0. The maximum absolute atomic E-state index is 13.3. The van der Waals surface area contributed by atoms with E-state index in [1.807, 2.05) is 69.3 Å². The minimum absolute atomic E-state index is 0.247. The summed E-state index contributed by atoms with van der Waals surface area (Å²) in [4.78, 5) is 13.3. The molecule has 0 radical (unpaired) electrons. The highest BCUT2D eigenvalue weighted by Crippen LogP contribution is 2.64. The number of nitriles is 1. The van der Waals surface area contributed by atoms with Crippen LogP contribution in [0.2, 0.25) is 0 Å². The number of hydrogen-bond donors (Lipinski definition) is 1. The topological polar surface area (TPSA) is 79.6 Å². The van der Waals surface area contributed by atoms with Crippen LogP contribution in [-0.4, -0.2) is 23.3 Å². The number of carbonyl (C=O) groups is 1. The fraction of sp³-hybridized carbons (Fsp3) is 0.412. The lowest BCUT2D eigenvalue weighted by Gasteiger charge is -2.19. The number of esters is 1. The van der Waals surface area contributed by atoms with Gasteiger partial charge in [-0.3, -0.25) is 0 Å². The van der Waals surface area contributed by atoms with E-state index in [4.69, 9.17) is 9.47 Å². The summed E-state index contributed by atoms with van der Waals surface area (Å²) in [6, 6.07) is 18.0. The molecule has 0 aromatic heterocycles. The van der Waals surface area contributed by atoms with Crippen molar-refractivity contribution in [3.05, 3.63) is 81.9 Å². The van der Waals surface area contributed by atoms with E-state index in [2.05, 4.69) is 6.07 Å². The Balaban J connectivity index is 1.36. The lowest BCUT2D eigenvalue weighted by Crippen LogP contribution is -2.21. The number of carbonyl (C=O) groups excluding carboxylic acids is 1. The fourth-order valence-corrected chi connectivity index (χ4v) is 6.21. The highest BCUT2D eigenvalue weighted by molar-refractivity contribution is 5.95. The molecule has 5 rings (SSSR count). The molecule has 2 aliphatic carbocycles. The Kier molecular flexibility index (Phi) is 7.03. The average molecular weight is 524 g/mol. The normalized spacial score (nSPS) is 17.0. The third-order valence-corrected chi connectivity index (χ3v) is 8.48. The largest absolute Gasteiger partial charge is 0.493 e. The second-order valence-electron chi connectivity index (χ2n) is 12.0. The first kappa shape index (κ1) is 27.0. The van der Waals surface area contributed by atoms with Gasteiger partial charge in [-0.15, -0.1) is 0 Å². The van der Waals surface area contributed by atoms with E-state index < -0.39 is 5.60 Å². The third-order valence-electron chi connectivity index (χ3n) is 8.48. The Morgan fingerprint density at radius 1 is 1.08 bits per heavy atom. The molecular weight excluding hydrogens is 486 g/mol. The Bertz CT molecular complexity index is 1450. The van der Waals surface area contributed by atoms with Crippen LogP contribution in [0.1, 0.15) is 83.6 Å². The zero-order valence-electron chi connectivity index (χ0n) is 23.6. The smallest absolute Gasteiger partial charge is 0.343 e. The molecule has 0 saturated heterocycles. The van der Waals surface area contributed by atoms with Gasteiger partial charge in [0.1, 0.15) is 11.5 Å². The van der Waals surface area contributed by atoms with Gasteiger partial charge in [-0.2, -0.15) is 5.26 Å². The number of fused-ring (bicyclic) bond motifs is 1. The second kappa shape index (κ2) is 10.2.